The van der Waals surface area contributed by atoms with Crippen molar-refractivity contribution in [3.05, 3.63) is 35.9 Å². The third kappa shape index (κ3) is 3.98. The highest BCUT2D eigenvalue weighted by molar-refractivity contribution is 5.86. The van der Waals surface area contributed by atoms with Crippen LogP contribution in [0, 0.1) is 11.8 Å². The van der Waals surface area contributed by atoms with Crippen molar-refractivity contribution in [1.29, 1.82) is 0 Å². The fourth-order valence-corrected chi connectivity index (χ4v) is 3.67. The predicted molar refractivity (Wildman–Crippen MR) is 95.7 cm³/mol. The van der Waals surface area contributed by atoms with Crippen molar-refractivity contribution >= 4 is 18.0 Å². The van der Waals surface area contributed by atoms with E-state index in [4.69, 9.17) is 4.74 Å². The molecular formula is C19H26N2O5. The number of amides is 2. The van der Waals surface area contributed by atoms with Gasteiger partial charge in [-0.15, -0.1) is 0 Å². The molecule has 1 N–H and O–H groups in total. The van der Waals surface area contributed by atoms with E-state index in [1.807, 2.05) is 30.3 Å². The maximum atomic E-state index is 13.1. The minimum absolute atomic E-state index is 0.202. The lowest BCUT2D eigenvalue weighted by molar-refractivity contribution is -0.152. The summed E-state index contributed by atoms with van der Waals surface area (Å²) in [4.78, 5) is 39.5. The number of carboxylic acids is 1. The number of hydrogen-bond acceptors (Lipinski definition) is 4. The van der Waals surface area contributed by atoms with Crippen LogP contribution in [0.15, 0.2) is 30.3 Å². The number of carboxylic acid groups (broad SMARTS) is 1. The van der Waals surface area contributed by atoms with Crippen molar-refractivity contribution in [3.8, 4) is 0 Å². The molecule has 0 aromatic heterocycles. The lowest BCUT2D eigenvalue weighted by atomic mass is 9.87. The summed E-state index contributed by atoms with van der Waals surface area (Å²) in [7, 11) is 2.82. The Kier molecular flexibility index (Phi) is 6.23. The molecule has 1 aromatic carbocycles. The Morgan fingerprint density at radius 2 is 1.81 bits per heavy atom. The van der Waals surface area contributed by atoms with Crippen LogP contribution in [-0.4, -0.2) is 66.2 Å². The van der Waals surface area contributed by atoms with Gasteiger partial charge in [0.25, 0.3) is 0 Å². The summed E-state index contributed by atoms with van der Waals surface area (Å²) in [6, 6.07) is 8.58. The van der Waals surface area contributed by atoms with Crippen molar-refractivity contribution in [3.63, 3.8) is 0 Å². The number of ether oxygens (including phenoxy) is 1. The van der Waals surface area contributed by atoms with Crippen molar-refractivity contribution in [2.24, 2.45) is 11.8 Å². The summed E-state index contributed by atoms with van der Waals surface area (Å²) in [5.74, 6) is -2.25. The van der Waals surface area contributed by atoms with Gasteiger partial charge in [0, 0.05) is 26.1 Å². The molecule has 0 aliphatic carbocycles. The third-order valence-electron chi connectivity index (χ3n) is 4.95. The van der Waals surface area contributed by atoms with Crippen LogP contribution in [0.1, 0.15) is 25.3 Å². The summed E-state index contributed by atoms with van der Waals surface area (Å²) in [5, 5.41) is 9.49. The predicted octanol–water partition coefficient (Wildman–Crippen LogP) is 2.04. The van der Waals surface area contributed by atoms with E-state index in [0.29, 0.717) is 6.54 Å². The minimum atomic E-state index is -1.03. The summed E-state index contributed by atoms with van der Waals surface area (Å²) in [6.07, 6.45) is -0.484. The van der Waals surface area contributed by atoms with E-state index < -0.39 is 24.0 Å². The van der Waals surface area contributed by atoms with E-state index in [0.717, 1.165) is 5.56 Å². The fourth-order valence-electron chi connectivity index (χ4n) is 3.67. The first-order chi connectivity index (χ1) is 12.3. The maximum Gasteiger partial charge on any atom is 0.409 e. The minimum Gasteiger partial charge on any atom is -0.480 e. The molecule has 142 valence electrons. The average Bonchev–Trinajstić information content (AvgIpc) is 3.05. The monoisotopic (exact) mass is 362 g/mol. The van der Waals surface area contributed by atoms with Crippen molar-refractivity contribution in [2.45, 2.75) is 25.8 Å². The van der Waals surface area contributed by atoms with Crippen LogP contribution >= 0.6 is 0 Å². The van der Waals surface area contributed by atoms with Gasteiger partial charge in [-0.2, -0.15) is 0 Å². The Balaban J connectivity index is 2.31. The molecule has 2 rings (SSSR count). The first-order valence-electron chi connectivity index (χ1n) is 8.65. The molecule has 0 spiro atoms. The molecule has 26 heavy (non-hydrogen) atoms. The lowest BCUT2D eigenvalue weighted by Crippen LogP contribution is -2.49. The molecule has 7 heteroatoms. The number of likely N-dealkylation sites (N-methyl/N-ethyl adjacent to an activating group) is 1. The molecule has 3 atom stereocenters. The van der Waals surface area contributed by atoms with Crippen LogP contribution in [0.2, 0.25) is 0 Å². The lowest BCUT2D eigenvalue weighted by Gasteiger charge is -2.31. The largest absolute Gasteiger partial charge is 0.480 e. The van der Waals surface area contributed by atoms with E-state index in [1.54, 1.807) is 13.8 Å². The zero-order chi connectivity index (χ0) is 19.4. The number of aliphatic carboxylic acids is 1. The van der Waals surface area contributed by atoms with Gasteiger partial charge in [-0.25, -0.2) is 9.59 Å². The first-order valence-corrected chi connectivity index (χ1v) is 8.65. The molecule has 7 nitrogen and oxygen atoms in total. The second-order valence-corrected chi connectivity index (χ2v) is 6.97. The number of carbonyl (C=O) groups is 3. The van der Waals surface area contributed by atoms with Gasteiger partial charge in [0.2, 0.25) is 5.91 Å². The number of rotatable bonds is 5. The quantitative estimate of drug-likeness (QED) is 0.866. The van der Waals surface area contributed by atoms with Gasteiger partial charge in [0.15, 0.2) is 0 Å². The molecule has 1 saturated heterocycles. The van der Waals surface area contributed by atoms with Crippen molar-refractivity contribution in [1.82, 2.24) is 9.80 Å². The fraction of sp³-hybridized carbons (Fsp3) is 0.526. The highest BCUT2D eigenvalue weighted by Gasteiger charge is 2.44. The Bertz CT molecular complexity index is 661. The standard InChI is InChI=1S/C19H26N2O5/c1-12(2)16(18(23)24)20(3)17(22)15-11-21(19(25)26-4)10-14(15)13-8-6-5-7-9-13/h5-9,12,14-16H,10-11H2,1-4H3,(H,23,24)/t14-,15-,16+/m1/s1. The van der Waals surface area contributed by atoms with Crippen molar-refractivity contribution < 1.29 is 24.2 Å². The van der Waals surface area contributed by atoms with Crippen LogP contribution in [-0.2, 0) is 14.3 Å². The molecule has 1 fully saturated rings. The van der Waals surface area contributed by atoms with Crippen LogP contribution < -0.4 is 0 Å². The second-order valence-electron chi connectivity index (χ2n) is 6.97. The Morgan fingerprint density at radius 3 is 2.31 bits per heavy atom. The number of hydrogen-bond donors (Lipinski definition) is 1. The molecule has 2 amide bonds. The van der Waals surface area contributed by atoms with Gasteiger partial charge in [-0.05, 0) is 11.5 Å². The molecule has 1 aliphatic rings. The van der Waals surface area contributed by atoms with E-state index in [1.165, 1.54) is 24.0 Å². The van der Waals surface area contributed by atoms with Crippen molar-refractivity contribution in [2.75, 3.05) is 27.2 Å². The van der Waals surface area contributed by atoms with Gasteiger partial charge < -0.3 is 19.6 Å². The zero-order valence-corrected chi connectivity index (χ0v) is 15.6. The van der Waals surface area contributed by atoms with Gasteiger partial charge in [0.1, 0.15) is 6.04 Å². The van der Waals surface area contributed by atoms with Crippen LogP contribution in [0.25, 0.3) is 0 Å². The van der Waals surface area contributed by atoms with Crippen LogP contribution in [0.3, 0.4) is 0 Å². The summed E-state index contributed by atoms with van der Waals surface area (Å²) < 4.78 is 4.80. The number of carbonyl (C=O) groups excluding carboxylic acids is 2. The normalized spacial score (nSPS) is 20.7. The highest BCUT2D eigenvalue weighted by atomic mass is 16.5. The molecule has 0 saturated carbocycles. The molecule has 1 heterocycles. The zero-order valence-electron chi connectivity index (χ0n) is 15.6. The molecule has 0 unspecified atom stereocenters. The number of nitrogens with zero attached hydrogens (tertiary/aromatic N) is 2. The first kappa shape index (κ1) is 19.8. The number of benzene rings is 1. The molecule has 0 radical (unpaired) electrons. The maximum absolute atomic E-state index is 13.1. The molecular weight excluding hydrogens is 336 g/mol. The van der Waals surface area contributed by atoms with E-state index in [-0.39, 0.29) is 24.3 Å². The third-order valence-corrected chi connectivity index (χ3v) is 4.95. The Labute approximate surface area is 153 Å². The van der Waals surface area contributed by atoms with Gasteiger partial charge in [0.05, 0.1) is 13.0 Å². The molecule has 0 bridgehead atoms. The van der Waals surface area contributed by atoms with E-state index in [2.05, 4.69) is 0 Å². The summed E-state index contributed by atoms with van der Waals surface area (Å²) in [5.41, 5.74) is 0.946. The Morgan fingerprint density at radius 1 is 1.19 bits per heavy atom. The number of likely N-dealkylation sites (tertiary alicyclic amines) is 1. The molecule has 1 aromatic rings. The number of methoxy groups -OCH3 is 1. The smallest absolute Gasteiger partial charge is 0.409 e. The molecule has 1 aliphatic heterocycles. The highest BCUT2D eigenvalue weighted by Crippen LogP contribution is 2.34. The van der Waals surface area contributed by atoms with Gasteiger partial charge in [-0.1, -0.05) is 44.2 Å². The van der Waals surface area contributed by atoms with Gasteiger partial charge in [-0.3, -0.25) is 4.79 Å². The SMILES string of the molecule is COC(=O)N1C[C@H](c2ccccc2)[C@H](C(=O)N(C)[C@H](C(=O)O)C(C)C)C1. The summed E-state index contributed by atoms with van der Waals surface area (Å²) >= 11 is 0. The van der Waals surface area contributed by atoms with Crippen LogP contribution in [0.5, 0.6) is 0 Å². The second kappa shape index (κ2) is 8.21. The van der Waals surface area contributed by atoms with Gasteiger partial charge >= 0.3 is 12.1 Å². The Hall–Kier alpha value is -2.57. The summed E-state index contributed by atoms with van der Waals surface area (Å²) in [6.45, 7) is 4.11. The topological polar surface area (TPSA) is 87.2 Å². The average molecular weight is 362 g/mol. The van der Waals surface area contributed by atoms with E-state index >= 15 is 0 Å². The van der Waals surface area contributed by atoms with E-state index in [9.17, 15) is 19.5 Å². The van der Waals surface area contributed by atoms with Crippen LogP contribution in [0.4, 0.5) is 4.79 Å².